The van der Waals surface area contributed by atoms with Gasteiger partial charge in [0, 0.05) is 31.8 Å². The highest BCUT2D eigenvalue weighted by Crippen LogP contribution is 2.32. The average Bonchev–Trinajstić information content (AvgIpc) is 2.88. The molecule has 1 atom stereocenters. The fourth-order valence-corrected chi connectivity index (χ4v) is 3.47. The molecule has 136 valence electrons. The molecule has 0 spiro atoms. The normalized spacial score (nSPS) is 22.8. The SMILES string of the molecule is COCC(=O)N1CCCC(c2cccc(N3C(=O)OCC3(C)C)n2)C1. The summed E-state index contributed by atoms with van der Waals surface area (Å²) < 4.78 is 10.1. The maximum atomic E-state index is 12.1. The Morgan fingerprint density at radius 1 is 1.44 bits per heavy atom. The maximum Gasteiger partial charge on any atom is 0.416 e. The Labute approximate surface area is 147 Å². The van der Waals surface area contributed by atoms with Crippen LogP contribution in [0.1, 0.15) is 38.3 Å². The quantitative estimate of drug-likeness (QED) is 0.835. The van der Waals surface area contributed by atoms with E-state index in [4.69, 9.17) is 14.5 Å². The number of cyclic esters (lactones) is 1. The molecule has 7 heteroatoms. The Morgan fingerprint density at radius 2 is 2.24 bits per heavy atom. The number of piperidine rings is 1. The summed E-state index contributed by atoms with van der Waals surface area (Å²) in [6.45, 7) is 5.75. The van der Waals surface area contributed by atoms with Crippen LogP contribution in [0.4, 0.5) is 10.6 Å². The first kappa shape index (κ1) is 17.7. The number of hydrogen-bond acceptors (Lipinski definition) is 5. The lowest BCUT2D eigenvalue weighted by atomic mass is 9.94. The molecule has 3 rings (SSSR count). The number of anilines is 1. The van der Waals surface area contributed by atoms with Crippen LogP contribution in [0.25, 0.3) is 0 Å². The molecule has 1 unspecified atom stereocenters. The fourth-order valence-electron chi connectivity index (χ4n) is 3.47. The summed E-state index contributed by atoms with van der Waals surface area (Å²) in [6, 6.07) is 5.70. The molecule has 2 aliphatic rings. The van der Waals surface area contributed by atoms with Crippen molar-refractivity contribution in [2.24, 2.45) is 0 Å². The first-order valence-electron chi connectivity index (χ1n) is 8.63. The van der Waals surface area contributed by atoms with E-state index in [1.54, 1.807) is 4.90 Å². The van der Waals surface area contributed by atoms with E-state index in [1.165, 1.54) is 7.11 Å². The zero-order valence-electron chi connectivity index (χ0n) is 15.0. The number of methoxy groups -OCH3 is 1. The summed E-state index contributed by atoms with van der Waals surface area (Å²) in [5.74, 6) is 0.772. The summed E-state index contributed by atoms with van der Waals surface area (Å²) in [5.41, 5.74) is 0.485. The third kappa shape index (κ3) is 3.61. The predicted octanol–water partition coefficient (Wildman–Crippen LogP) is 2.17. The number of amides is 2. The fraction of sp³-hybridized carbons (Fsp3) is 0.611. The van der Waals surface area contributed by atoms with Gasteiger partial charge in [0.15, 0.2) is 0 Å². The highest BCUT2D eigenvalue weighted by molar-refractivity contribution is 5.90. The van der Waals surface area contributed by atoms with Gasteiger partial charge in [0.25, 0.3) is 0 Å². The highest BCUT2D eigenvalue weighted by Gasteiger charge is 2.42. The van der Waals surface area contributed by atoms with Crippen molar-refractivity contribution in [3.8, 4) is 0 Å². The molecular formula is C18H25N3O4. The lowest BCUT2D eigenvalue weighted by Crippen LogP contribution is -2.43. The van der Waals surface area contributed by atoms with E-state index >= 15 is 0 Å². The highest BCUT2D eigenvalue weighted by atomic mass is 16.6. The number of rotatable bonds is 4. The molecule has 1 aromatic heterocycles. The lowest BCUT2D eigenvalue weighted by molar-refractivity contribution is -0.136. The van der Waals surface area contributed by atoms with Crippen LogP contribution in [0, 0.1) is 0 Å². The van der Waals surface area contributed by atoms with E-state index in [1.807, 2.05) is 36.9 Å². The first-order chi connectivity index (χ1) is 11.9. The summed E-state index contributed by atoms with van der Waals surface area (Å²) in [4.78, 5) is 32.3. The van der Waals surface area contributed by atoms with Crippen molar-refractivity contribution in [3.63, 3.8) is 0 Å². The van der Waals surface area contributed by atoms with E-state index in [0.29, 0.717) is 19.0 Å². The van der Waals surface area contributed by atoms with E-state index in [2.05, 4.69) is 0 Å². The van der Waals surface area contributed by atoms with Crippen LogP contribution in [0.2, 0.25) is 0 Å². The molecule has 2 aliphatic heterocycles. The first-order valence-corrected chi connectivity index (χ1v) is 8.63. The topological polar surface area (TPSA) is 72.0 Å². The van der Waals surface area contributed by atoms with Crippen molar-refractivity contribution >= 4 is 17.8 Å². The van der Waals surface area contributed by atoms with Crippen LogP contribution in [0.3, 0.4) is 0 Å². The van der Waals surface area contributed by atoms with Gasteiger partial charge in [-0.15, -0.1) is 0 Å². The van der Waals surface area contributed by atoms with Gasteiger partial charge in [-0.05, 0) is 38.8 Å². The molecule has 2 saturated heterocycles. The second kappa shape index (κ2) is 7.00. The molecule has 2 fully saturated rings. The zero-order valence-corrected chi connectivity index (χ0v) is 15.0. The number of aromatic nitrogens is 1. The zero-order chi connectivity index (χ0) is 18.0. The lowest BCUT2D eigenvalue weighted by Gasteiger charge is -2.33. The Morgan fingerprint density at radius 3 is 2.92 bits per heavy atom. The predicted molar refractivity (Wildman–Crippen MR) is 92.6 cm³/mol. The molecule has 3 heterocycles. The van der Waals surface area contributed by atoms with Crippen LogP contribution in [-0.2, 0) is 14.3 Å². The van der Waals surface area contributed by atoms with Gasteiger partial charge < -0.3 is 14.4 Å². The smallest absolute Gasteiger partial charge is 0.416 e. The van der Waals surface area contributed by atoms with Crippen LogP contribution in [-0.4, -0.2) is 60.8 Å². The maximum absolute atomic E-state index is 12.1. The van der Waals surface area contributed by atoms with Gasteiger partial charge in [0.1, 0.15) is 19.0 Å². The number of carbonyl (C=O) groups excluding carboxylic acids is 2. The molecule has 2 amide bonds. The minimum atomic E-state index is -0.421. The molecule has 0 radical (unpaired) electrons. The molecule has 7 nitrogen and oxygen atoms in total. The largest absolute Gasteiger partial charge is 0.447 e. The molecular weight excluding hydrogens is 322 g/mol. The minimum absolute atomic E-state index is 0.00705. The minimum Gasteiger partial charge on any atom is -0.447 e. The standard InChI is InChI=1S/C18H25N3O4/c1-18(2)12-25-17(23)21(18)15-8-4-7-14(19-15)13-6-5-9-20(10-13)16(22)11-24-3/h4,7-8,13H,5-6,9-12H2,1-3H3. The van der Waals surface area contributed by atoms with E-state index < -0.39 is 5.54 Å². The Balaban J connectivity index is 1.79. The van der Waals surface area contributed by atoms with Crippen molar-refractivity contribution in [2.75, 3.05) is 38.3 Å². The third-order valence-corrected chi connectivity index (χ3v) is 4.78. The van der Waals surface area contributed by atoms with Gasteiger partial charge in [0.05, 0.1) is 5.54 Å². The number of ether oxygens (including phenoxy) is 2. The van der Waals surface area contributed by atoms with Crippen molar-refractivity contribution < 1.29 is 19.1 Å². The number of likely N-dealkylation sites (tertiary alicyclic amines) is 1. The summed E-state index contributed by atoms with van der Waals surface area (Å²) in [5, 5.41) is 0. The van der Waals surface area contributed by atoms with E-state index in [0.717, 1.165) is 25.1 Å². The van der Waals surface area contributed by atoms with Crippen molar-refractivity contribution in [2.45, 2.75) is 38.1 Å². The molecule has 25 heavy (non-hydrogen) atoms. The Hall–Kier alpha value is -2.15. The monoisotopic (exact) mass is 347 g/mol. The molecule has 1 aromatic rings. The molecule has 0 aliphatic carbocycles. The second-order valence-corrected chi connectivity index (χ2v) is 7.23. The number of carbonyl (C=O) groups is 2. The van der Waals surface area contributed by atoms with Crippen LogP contribution in [0.15, 0.2) is 18.2 Å². The van der Waals surface area contributed by atoms with E-state index in [9.17, 15) is 9.59 Å². The van der Waals surface area contributed by atoms with Gasteiger partial charge in [-0.3, -0.25) is 9.69 Å². The van der Waals surface area contributed by atoms with Gasteiger partial charge in [-0.1, -0.05) is 6.07 Å². The summed E-state index contributed by atoms with van der Waals surface area (Å²) in [7, 11) is 1.53. The van der Waals surface area contributed by atoms with Crippen LogP contribution >= 0.6 is 0 Å². The van der Waals surface area contributed by atoms with Crippen LogP contribution < -0.4 is 4.90 Å². The average molecular weight is 347 g/mol. The van der Waals surface area contributed by atoms with Crippen LogP contribution in [0.5, 0.6) is 0 Å². The molecule has 0 bridgehead atoms. The summed E-state index contributed by atoms with van der Waals surface area (Å²) >= 11 is 0. The van der Waals surface area contributed by atoms with Gasteiger partial charge >= 0.3 is 6.09 Å². The molecule has 0 saturated carbocycles. The van der Waals surface area contributed by atoms with Crippen molar-refractivity contribution in [1.82, 2.24) is 9.88 Å². The number of nitrogens with zero attached hydrogens (tertiary/aromatic N) is 3. The molecule has 0 aromatic carbocycles. The van der Waals surface area contributed by atoms with Gasteiger partial charge in [-0.25, -0.2) is 9.78 Å². The Kier molecular flexibility index (Phi) is 4.94. The van der Waals surface area contributed by atoms with Gasteiger partial charge in [-0.2, -0.15) is 0 Å². The third-order valence-electron chi connectivity index (χ3n) is 4.78. The molecule has 0 N–H and O–H groups in total. The van der Waals surface area contributed by atoms with Crippen molar-refractivity contribution in [3.05, 3.63) is 23.9 Å². The number of pyridine rings is 1. The second-order valence-electron chi connectivity index (χ2n) is 7.23. The number of hydrogen-bond donors (Lipinski definition) is 0. The Bertz CT molecular complexity index is 661. The van der Waals surface area contributed by atoms with E-state index in [-0.39, 0.29) is 24.5 Å². The van der Waals surface area contributed by atoms with Gasteiger partial charge in [0.2, 0.25) is 5.91 Å². The summed E-state index contributed by atoms with van der Waals surface area (Å²) in [6.07, 6.45) is 1.54. The van der Waals surface area contributed by atoms with Crippen molar-refractivity contribution in [1.29, 1.82) is 0 Å².